The zero-order valence-corrected chi connectivity index (χ0v) is 36.0. The number of benzene rings is 2. The van der Waals surface area contributed by atoms with Crippen molar-refractivity contribution in [1.82, 2.24) is 36.4 Å². The average Bonchev–Trinajstić information content (AvgIpc) is 3.91. The van der Waals surface area contributed by atoms with Gasteiger partial charge >= 0.3 is 0 Å². The molecule has 2 aliphatic rings. The molecule has 0 saturated carbocycles. The molecule has 2 heterocycles. The molecule has 2 fully saturated rings. The molecule has 0 radical (unpaired) electrons. The molecule has 2 aromatic carbocycles. The van der Waals surface area contributed by atoms with Gasteiger partial charge < -0.3 is 46.6 Å². The zero-order chi connectivity index (χ0) is 42.2. The van der Waals surface area contributed by atoms with Crippen molar-refractivity contribution in [3.63, 3.8) is 0 Å². The lowest BCUT2D eigenvalue weighted by atomic mass is 10.0. The van der Waals surface area contributed by atoms with Gasteiger partial charge in [0.2, 0.25) is 23.6 Å². The van der Waals surface area contributed by atoms with Crippen molar-refractivity contribution >= 4 is 60.1 Å². The van der Waals surface area contributed by atoms with Crippen LogP contribution in [0.5, 0.6) is 11.5 Å². The van der Waals surface area contributed by atoms with Crippen molar-refractivity contribution in [1.29, 1.82) is 0 Å². The van der Waals surface area contributed by atoms with E-state index in [-0.39, 0.29) is 109 Å². The number of nitrogens with one attached hydrogen (secondary N) is 5. The minimum Gasteiger partial charge on any atom is -0.507 e. The molecule has 2 aromatic rings. The van der Waals surface area contributed by atoms with E-state index in [4.69, 9.17) is 0 Å². The molecule has 0 spiro atoms. The smallest absolute Gasteiger partial charge is 0.255 e. The minimum absolute atomic E-state index is 0. The maximum Gasteiger partial charge on any atom is 0.255 e. The van der Waals surface area contributed by atoms with Crippen molar-refractivity contribution in [2.24, 2.45) is 0 Å². The fourth-order valence-electron chi connectivity index (χ4n) is 6.93. The second-order valence-corrected chi connectivity index (χ2v) is 14.5. The van der Waals surface area contributed by atoms with Crippen LogP contribution >= 0.6 is 24.8 Å². The van der Waals surface area contributed by atoms with Crippen LogP contribution in [0.15, 0.2) is 48.5 Å². The second-order valence-electron chi connectivity index (χ2n) is 14.5. The third kappa shape index (κ3) is 14.2. The zero-order valence-electron chi connectivity index (χ0n) is 34.4. The number of hydrogen-bond donors (Lipinski definition) is 7. The Kier molecular flexibility index (Phi) is 21.5. The summed E-state index contributed by atoms with van der Waals surface area (Å²) in [6.45, 7) is 4.37. The normalized spacial score (nSPS) is 17.4. The largest absolute Gasteiger partial charge is 0.507 e. The fourth-order valence-corrected chi connectivity index (χ4v) is 6.93. The Labute approximate surface area is 364 Å². The number of aromatic hydroxyl groups is 2. The molecule has 5 amide bonds. The number of amides is 5. The number of hydrogen-bond acceptors (Lipinski definition) is 10. The van der Waals surface area contributed by atoms with Crippen LogP contribution in [0.3, 0.4) is 0 Å². The van der Waals surface area contributed by atoms with Crippen molar-refractivity contribution in [3.05, 3.63) is 59.7 Å². The molecule has 326 valence electrons. The molecule has 0 unspecified atom stereocenters. The van der Waals surface area contributed by atoms with E-state index in [0.29, 0.717) is 38.8 Å². The molecule has 2 saturated heterocycles. The van der Waals surface area contributed by atoms with Gasteiger partial charge in [-0.05, 0) is 96.2 Å². The third-order valence-electron chi connectivity index (χ3n) is 10.6. The molecule has 17 heteroatoms. The maximum atomic E-state index is 13.9. The van der Waals surface area contributed by atoms with E-state index < -0.39 is 36.0 Å². The molecule has 15 nitrogen and oxygen atoms in total. The van der Waals surface area contributed by atoms with E-state index in [9.17, 15) is 39.0 Å². The van der Waals surface area contributed by atoms with Gasteiger partial charge in [-0.2, -0.15) is 0 Å². The highest BCUT2D eigenvalue weighted by atomic mass is 35.5. The summed E-state index contributed by atoms with van der Waals surface area (Å²) in [6.07, 6.45) is 3.20. The van der Waals surface area contributed by atoms with Gasteiger partial charge in [-0.25, -0.2) is 0 Å². The molecule has 6 atom stereocenters. The van der Waals surface area contributed by atoms with Gasteiger partial charge in [0.05, 0.1) is 23.2 Å². The Morgan fingerprint density at radius 2 is 1.15 bits per heavy atom. The van der Waals surface area contributed by atoms with E-state index in [1.165, 1.54) is 18.2 Å². The third-order valence-corrected chi connectivity index (χ3v) is 10.6. The van der Waals surface area contributed by atoms with Gasteiger partial charge in [-0.15, -0.1) is 24.8 Å². The van der Waals surface area contributed by atoms with Gasteiger partial charge in [0.15, 0.2) is 5.78 Å². The Morgan fingerprint density at radius 1 is 0.700 bits per heavy atom. The molecular weight excluding hydrogens is 813 g/mol. The highest BCUT2D eigenvalue weighted by Crippen LogP contribution is 2.26. The lowest BCUT2D eigenvalue weighted by Crippen LogP contribution is -2.54. The number of para-hydroxylation sites is 2. The van der Waals surface area contributed by atoms with Gasteiger partial charge in [-0.1, -0.05) is 36.1 Å². The van der Waals surface area contributed by atoms with E-state index >= 15 is 0 Å². The summed E-state index contributed by atoms with van der Waals surface area (Å²) in [5.41, 5.74) is 0.362. The van der Waals surface area contributed by atoms with Crippen molar-refractivity contribution < 1.29 is 39.0 Å². The molecule has 0 bridgehead atoms. The molecule has 7 N–H and O–H groups in total. The summed E-state index contributed by atoms with van der Waals surface area (Å²) in [5.74, 6) is 8.85. The second kappa shape index (κ2) is 25.3. The predicted molar refractivity (Wildman–Crippen MR) is 232 cm³/mol. The van der Waals surface area contributed by atoms with Gasteiger partial charge in [0.25, 0.3) is 5.91 Å². The number of phenols is 2. The summed E-state index contributed by atoms with van der Waals surface area (Å²) in [7, 11) is 3.26. The number of likely N-dealkylation sites (N-methyl/N-ethyl adjacent to an activating group) is 2. The van der Waals surface area contributed by atoms with Crippen LogP contribution in [0.25, 0.3) is 0 Å². The van der Waals surface area contributed by atoms with Gasteiger partial charge in [0, 0.05) is 51.0 Å². The summed E-state index contributed by atoms with van der Waals surface area (Å²) in [5, 5.41) is 34.3. The highest BCUT2D eigenvalue weighted by molar-refractivity contribution is 5.99. The molecule has 0 aromatic heterocycles. The molecule has 2 aliphatic heterocycles. The van der Waals surface area contributed by atoms with E-state index in [1.807, 2.05) is 0 Å². The highest BCUT2D eigenvalue weighted by Gasteiger charge is 2.36. The topological polar surface area (TPSA) is 210 Å². The Bertz CT molecular complexity index is 1810. The van der Waals surface area contributed by atoms with E-state index in [0.717, 1.165) is 6.42 Å². The monoisotopic (exact) mass is 869 g/mol. The van der Waals surface area contributed by atoms with E-state index in [1.54, 1.807) is 68.1 Å². The van der Waals surface area contributed by atoms with Crippen LogP contribution in [0.2, 0.25) is 0 Å². The molecular formula is C43H57Cl2N7O8. The van der Waals surface area contributed by atoms with Crippen LogP contribution in [0.4, 0.5) is 0 Å². The number of nitrogens with zero attached hydrogens (tertiary/aromatic N) is 2. The number of carbonyl (C=O) groups is 6. The van der Waals surface area contributed by atoms with Crippen LogP contribution in [-0.2, 0) is 19.2 Å². The van der Waals surface area contributed by atoms with Crippen molar-refractivity contribution in [2.75, 3.05) is 33.7 Å². The number of Topliss-reactive ketones (excluding diaryl/α,β-unsaturated/α-hetero) is 1. The minimum atomic E-state index is -1.01. The standard InChI is InChI=1S/C43H55N7O8.2ClH/c1-28(44-3)39(54)47-34(42(57)49-25-13-15-30(49)23-24-38(53)32-17-9-11-21-36(32)51)19-7-5-6-8-20-35(48-40(55)29(2)45-4)43(58)50-26-14-16-31(50)27-46-41(56)33-18-10-12-22-37(33)52;;/h9-12,17-18,21-22,28-31,34-35,44-45,51-52H,13-16,19-20,23-27H2,1-4H3,(H,46,56)(H,47,54)(H,48,55);2*1H/t28-,29-,30-,31-,34-,35-;;/m0../s1. The summed E-state index contributed by atoms with van der Waals surface area (Å²) < 4.78 is 0. The molecule has 0 aliphatic carbocycles. The Hall–Kier alpha value is -5.32. The molecule has 4 rings (SSSR count). The first kappa shape index (κ1) is 50.8. The van der Waals surface area contributed by atoms with Gasteiger partial charge in [-0.3, -0.25) is 28.8 Å². The number of phenolic OH excluding ortho intramolecular Hbond substituents is 2. The Balaban J connectivity index is 0.00000620. The number of ketones is 1. The van der Waals surface area contributed by atoms with Gasteiger partial charge in [0.1, 0.15) is 23.6 Å². The van der Waals surface area contributed by atoms with E-state index in [2.05, 4.69) is 50.3 Å². The van der Waals surface area contributed by atoms with Crippen LogP contribution in [-0.4, -0.2) is 125 Å². The summed E-state index contributed by atoms with van der Waals surface area (Å²) in [6, 6.07) is 8.83. The van der Waals surface area contributed by atoms with Crippen LogP contribution < -0.4 is 26.6 Å². The average molecular weight is 871 g/mol. The lowest BCUT2D eigenvalue weighted by Gasteiger charge is -2.29. The quantitative estimate of drug-likeness (QED) is 0.0912. The fraction of sp³-hybridized carbons (Fsp3) is 0.488. The SMILES string of the molecule is CN[C@@H](C)C(=O)N[C@@H](CC#CC#CC[C@H](NC(=O)[C@H](C)NC)C(=O)N1CCC[C@H]1CNC(=O)c1ccccc1O)C(=O)N1CCC[C@H]1CCC(=O)c1ccccc1O.Cl.Cl. The summed E-state index contributed by atoms with van der Waals surface area (Å²) in [4.78, 5) is 82.5. The first-order valence-electron chi connectivity index (χ1n) is 19.8. The van der Waals surface area contributed by atoms with Crippen molar-refractivity contribution in [2.45, 2.75) is 101 Å². The number of likely N-dealkylation sites (tertiary alicyclic amines) is 2. The number of rotatable bonds is 17. The van der Waals surface area contributed by atoms with Crippen LogP contribution in [0, 0.1) is 23.7 Å². The maximum absolute atomic E-state index is 13.9. The predicted octanol–water partition coefficient (Wildman–Crippen LogP) is 2.29. The first-order valence-corrected chi connectivity index (χ1v) is 19.8. The number of halogens is 2. The molecule has 60 heavy (non-hydrogen) atoms. The summed E-state index contributed by atoms with van der Waals surface area (Å²) >= 11 is 0. The Morgan fingerprint density at radius 3 is 1.63 bits per heavy atom. The van der Waals surface area contributed by atoms with Crippen LogP contribution in [0.1, 0.15) is 85.9 Å². The lowest BCUT2D eigenvalue weighted by molar-refractivity contribution is -0.137. The number of carbonyl (C=O) groups excluding carboxylic acids is 6. The van der Waals surface area contributed by atoms with Crippen molar-refractivity contribution in [3.8, 4) is 35.2 Å². The first-order chi connectivity index (χ1) is 27.9.